The van der Waals surface area contributed by atoms with Crippen molar-refractivity contribution in [3.8, 4) is 0 Å². The van der Waals surface area contributed by atoms with Crippen molar-refractivity contribution in [2.75, 3.05) is 30.3 Å². The van der Waals surface area contributed by atoms with Gasteiger partial charge in [-0.3, -0.25) is 0 Å². The van der Waals surface area contributed by atoms with Gasteiger partial charge in [-0.15, -0.1) is 11.3 Å². The largest absolute Gasteiger partial charge is 0.370 e. The van der Waals surface area contributed by atoms with Crippen LogP contribution in [0.3, 0.4) is 0 Å². The number of nitrogens with zero attached hydrogens (tertiary/aromatic N) is 4. The number of thiazole rings is 1. The summed E-state index contributed by atoms with van der Waals surface area (Å²) in [5, 5.41) is 18.5. The quantitative estimate of drug-likeness (QED) is 0.507. The highest BCUT2D eigenvalue weighted by Gasteiger charge is 2.18. The van der Waals surface area contributed by atoms with E-state index in [1.807, 2.05) is 22.2 Å². The van der Waals surface area contributed by atoms with Crippen molar-refractivity contribution in [3.63, 3.8) is 0 Å². The highest BCUT2D eigenvalue weighted by molar-refractivity contribution is 7.10. The maximum Gasteiger partial charge on any atom is 0.163 e. The molecule has 0 spiro atoms. The van der Waals surface area contributed by atoms with E-state index in [1.54, 1.807) is 11.3 Å². The van der Waals surface area contributed by atoms with Crippen molar-refractivity contribution < 1.29 is 0 Å². The molecule has 0 bridgehead atoms. The van der Waals surface area contributed by atoms with Crippen LogP contribution in [0.15, 0.2) is 17.6 Å². The van der Waals surface area contributed by atoms with Crippen LogP contribution in [0.4, 0.5) is 11.6 Å². The average Bonchev–Trinajstić information content (AvgIpc) is 3.33. The Morgan fingerprint density at radius 2 is 2.07 bits per heavy atom. The molecule has 1 fully saturated rings. The molecule has 0 saturated carbocycles. The average molecular weight is 434 g/mol. The Hall–Kier alpha value is -1.90. The first-order valence-electron chi connectivity index (χ1n) is 10.2. The number of fused-ring (bicyclic) bond motifs is 1. The van der Waals surface area contributed by atoms with Crippen LogP contribution in [-0.2, 0) is 0 Å². The van der Waals surface area contributed by atoms with Crippen molar-refractivity contribution in [2.24, 2.45) is 5.92 Å². The number of hydrogen-bond donors (Lipinski definition) is 3. The van der Waals surface area contributed by atoms with Gasteiger partial charge in [0, 0.05) is 23.6 Å². The third-order valence-electron chi connectivity index (χ3n) is 5.38. The number of anilines is 2. The molecule has 1 saturated heterocycles. The van der Waals surface area contributed by atoms with Crippen LogP contribution in [0.2, 0.25) is 5.15 Å². The van der Waals surface area contributed by atoms with Gasteiger partial charge in [0.05, 0.1) is 12.2 Å². The number of nitrogens with one attached hydrogen (secondary N) is 3. The maximum absolute atomic E-state index is 6.01. The minimum Gasteiger partial charge on any atom is -0.370 e. The fourth-order valence-corrected chi connectivity index (χ4v) is 4.62. The standard InChI is InChI=1S/C20H28ClN7S/c1-12(2)15-10-24-28-18(25-13(3)20-26-16(21)11-29-20)8-17(27-19(15)28)23-9-14-4-6-22-7-5-14/h8,10-14,22,25H,4-7,9H2,1-3H3,(H,23,27). The van der Waals surface area contributed by atoms with Crippen LogP contribution >= 0.6 is 22.9 Å². The van der Waals surface area contributed by atoms with E-state index in [2.05, 4.69) is 46.8 Å². The van der Waals surface area contributed by atoms with Gasteiger partial charge in [-0.05, 0) is 44.7 Å². The molecule has 0 amide bonds. The Morgan fingerprint density at radius 1 is 1.28 bits per heavy atom. The van der Waals surface area contributed by atoms with Crippen LogP contribution in [0, 0.1) is 5.92 Å². The Morgan fingerprint density at radius 3 is 2.76 bits per heavy atom. The Kier molecular flexibility index (Phi) is 6.22. The second-order valence-electron chi connectivity index (χ2n) is 7.97. The molecule has 0 aliphatic carbocycles. The summed E-state index contributed by atoms with van der Waals surface area (Å²) in [4.78, 5) is 9.28. The lowest BCUT2D eigenvalue weighted by Crippen LogP contribution is -2.31. The summed E-state index contributed by atoms with van der Waals surface area (Å²) in [7, 11) is 0. The number of rotatable bonds is 7. The fourth-order valence-electron chi connectivity index (χ4n) is 3.66. The second-order valence-corrected chi connectivity index (χ2v) is 9.24. The fraction of sp³-hybridized carbons (Fsp3) is 0.550. The van der Waals surface area contributed by atoms with E-state index in [0.717, 1.165) is 47.5 Å². The topological polar surface area (TPSA) is 79.2 Å². The predicted molar refractivity (Wildman–Crippen MR) is 120 cm³/mol. The third-order valence-corrected chi connectivity index (χ3v) is 6.73. The van der Waals surface area contributed by atoms with Gasteiger partial charge in [-0.25, -0.2) is 9.97 Å². The number of hydrogen-bond acceptors (Lipinski definition) is 7. The number of aromatic nitrogens is 4. The van der Waals surface area contributed by atoms with Crippen molar-refractivity contribution in [2.45, 2.75) is 45.6 Å². The van der Waals surface area contributed by atoms with E-state index in [-0.39, 0.29) is 6.04 Å². The summed E-state index contributed by atoms with van der Waals surface area (Å²) in [6, 6.07) is 2.05. The van der Waals surface area contributed by atoms with Gasteiger partial charge in [-0.2, -0.15) is 9.61 Å². The van der Waals surface area contributed by atoms with Gasteiger partial charge in [0.25, 0.3) is 0 Å². The molecule has 0 aromatic carbocycles. The Labute approximate surface area is 180 Å². The lowest BCUT2D eigenvalue weighted by Gasteiger charge is -2.23. The van der Waals surface area contributed by atoms with Crippen LogP contribution < -0.4 is 16.0 Å². The molecule has 4 rings (SSSR count). The van der Waals surface area contributed by atoms with Crippen LogP contribution in [0.25, 0.3) is 5.65 Å². The molecule has 3 aromatic heterocycles. The van der Waals surface area contributed by atoms with Gasteiger partial charge < -0.3 is 16.0 Å². The summed E-state index contributed by atoms with van der Waals surface area (Å²) in [5.74, 6) is 2.80. The van der Waals surface area contributed by atoms with Crippen LogP contribution in [0.5, 0.6) is 0 Å². The molecule has 1 aliphatic rings. The zero-order valence-electron chi connectivity index (χ0n) is 17.1. The van der Waals surface area contributed by atoms with E-state index < -0.39 is 0 Å². The molecule has 1 atom stereocenters. The third kappa shape index (κ3) is 4.65. The SMILES string of the molecule is CC(C)c1cnn2c(NC(C)c3nc(Cl)cs3)cc(NCC3CCNCC3)nc12. The van der Waals surface area contributed by atoms with E-state index in [4.69, 9.17) is 16.6 Å². The highest BCUT2D eigenvalue weighted by Crippen LogP contribution is 2.28. The molecule has 1 aliphatic heterocycles. The predicted octanol–water partition coefficient (Wildman–Crippen LogP) is 4.55. The first-order chi connectivity index (χ1) is 14.0. The van der Waals surface area contributed by atoms with Crippen molar-refractivity contribution in [1.29, 1.82) is 0 Å². The summed E-state index contributed by atoms with van der Waals surface area (Å²) in [6.07, 6.45) is 4.32. The summed E-state index contributed by atoms with van der Waals surface area (Å²) >= 11 is 7.56. The smallest absolute Gasteiger partial charge is 0.163 e. The molecule has 1 unspecified atom stereocenters. The monoisotopic (exact) mass is 433 g/mol. The zero-order chi connectivity index (χ0) is 20.4. The number of piperidine rings is 1. The van der Waals surface area contributed by atoms with Gasteiger partial charge in [0.1, 0.15) is 21.8 Å². The summed E-state index contributed by atoms with van der Waals surface area (Å²) in [5.41, 5.74) is 2.03. The van der Waals surface area contributed by atoms with Gasteiger partial charge in [-0.1, -0.05) is 25.4 Å². The molecular formula is C20H28ClN7S. The molecule has 0 radical (unpaired) electrons. The van der Waals surface area contributed by atoms with Gasteiger partial charge in [0.2, 0.25) is 0 Å². The maximum atomic E-state index is 6.01. The Balaban J connectivity index is 1.62. The zero-order valence-corrected chi connectivity index (χ0v) is 18.6. The highest BCUT2D eigenvalue weighted by atomic mass is 35.5. The van der Waals surface area contributed by atoms with Crippen molar-refractivity contribution in [1.82, 2.24) is 24.9 Å². The minimum absolute atomic E-state index is 0.0158. The molecule has 3 aromatic rings. The first-order valence-corrected chi connectivity index (χ1v) is 11.5. The molecular weight excluding hydrogens is 406 g/mol. The first kappa shape index (κ1) is 20.4. The van der Waals surface area contributed by atoms with E-state index in [0.29, 0.717) is 17.0 Å². The summed E-state index contributed by atoms with van der Waals surface area (Å²) in [6.45, 7) is 9.55. The lowest BCUT2D eigenvalue weighted by atomic mass is 9.98. The molecule has 29 heavy (non-hydrogen) atoms. The van der Waals surface area contributed by atoms with Gasteiger partial charge >= 0.3 is 0 Å². The molecule has 4 heterocycles. The van der Waals surface area contributed by atoms with Gasteiger partial charge in [0.15, 0.2) is 5.65 Å². The summed E-state index contributed by atoms with van der Waals surface area (Å²) < 4.78 is 1.89. The second kappa shape index (κ2) is 8.85. The minimum atomic E-state index is 0.0158. The number of halogens is 1. The molecule has 7 nitrogen and oxygen atoms in total. The molecule has 9 heteroatoms. The Bertz CT molecular complexity index is 961. The van der Waals surface area contributed by atoms with Crippen LogP contribution in [-0.4, -0.2) is 39.2 Å². The van der Waals surface area contributed by atoms with Crippen LogP contribution in [0.1, 0.15) is 56.1 Å². The normalized spacial score (nSPS) is 16.4. The lowest BCUT2D eigenvalue weighted by molar-refractivity contribution is 0.389. The molecule has 3 N–H and O–H groups in total. The molecule has 156 valence electrons. The van der Waals surface area contributed by atoms with E-state index in [9.17, 15) is 0 Å². The van der Waals surface area contributed by atoms with E-state index >= 15 is 0 Å². The van der Waals surface area contributed by atoms with E-state index in [1.165, 1.54) is 12.8 Å². The van der Waals surface area contributed by atoms with Crippen molar-refractivity contribution >= 4 is 40.2 Å². The van der Waals surface area contributed by atoms with Crippen molar-refractivity contribution in [3.05, 3.63) is 33.4 Å².